The van der Waals surface area contributed by atoms with Crippen molar-refractivity contribution in [3.63, 3.8) is 0 Å². The lowest BCUT2D eigenvalue weighted by molar-refractivity contribution is -0.139. The second-order valence-electron chi connectivity index (χ2n) is 7.20. The summed E-state index contributed by atoms with van der Waals surface area (Å²) in [6.07, 6.45) is 4.38. The Labute approximate surface area is 181 Å². The summed E-state index contributed by atoms with van der Waals surface area (Å²) in [6.45, 7) is 5.37. The SMILES string of the molecule is CC.Cc1ccc2c(c1)[C@@H](CC(=O)N(C=O)CC1=CCCC=C1F)C(=O)N2CC(N)=O. The lowest BCUT2D eigenvalue weighted by atomic mass is 9.95. The van der Waals surface area contributed by atoms with Crippen molar-refractivity contribution in [1.29, 1.82) is 0 Å². The van der Waals surface area contributed by atoms with Crippen LogP contribution in [-0.2, 0) is 19.2 Å². The van der Waals surface area contributed by atoms with E-state index in [-0.39, 0.29) is 25.1 Å². The number of nitrogens with zero attached hydrogens (tertiary/aromatic N) is 2. The third kappa shape index (κ3) is 5.45. The molecule has 4 amide bonds. The summed E-state index contributed by atoms with van der Waals surface area (Å²) in [5.74, 6) is -2.96. The maximum Gasteiger partial charge on any atom is 0.237 e. The van der Waals surface area contributed by atoms with E-state index in [1.54, 1.807) is 24.3 Å². The molecule has 1 atom stereocenters. The van der Waals surface area contributed by atoms with Gasteiger partial charge in [-0.1, -0.05) is 37.6 Å². The maximum atomic E-state index is 13.9. The zero-order valence-electron chi connectivity index (χ0n) is 18.1. The number of hydrogen-bond acceptors (Lipinski definition) is 4. The second-order valence-corrected chi connectivity index (χ2v) is 7.20. The number of halogens is 1. The summed E-state index contributed by atoms with van der Waals surface area (Å²) in [5.41, 5.74) is 7.56. The van der Waals surface area contributed by atoms with Crippen molar-refractivity contribution in [3.8, 4) is 0 Å². The Hall–Kier alpha value is -3.29. The van der Waals surface area contributed by atoms with Gasteiger partial charge in [-0.05, 0) is 37.5 Å². The molecular weight excluding hydrogens is 401 g/mol. The summed E-state index contributed by atoms with van der Waals surface area (Å²) in [5, 5.41) is 0. The fraction of sp³-hybridized carbons (Fsp3) is 0.391. The van der Waals surface area contributed by atoms with E-state index in [1.807, 2.05) is 20.8 Å². The molecule has 1 aliphatic carbocycles. The monoisotopic (exact) mass is 429 g/mol. The number of allylic oxidation sites excluding steroid dienone is 2. The molecule has 1 aromatic rings. The fourth-order valence-electron chi connectivity index (χ4n) is 3.65. The van der Waals surface area contributed by atoms with Crippen molar-refractivity contribution in [2.75, 3.05) is 18.0 Å². The van der Waals surface area contributed by atoms with Gasteiger partial charge in [0.1, 0.15) is 12.4 Å². The van der Waals surface area contributed by atoms with Crippen LogP contribution in [0.4, 0.5) is 10.1 Å². The third-order valence-corrected chi connectivity index (χ3v) is 5.08. The molecule has 1 heterocycles. The Morgan fingerprint density at radius 3 is 2.55 bits per heavy atom. The summed E-state index contributed by atoms with van der Waals surface area (Å²) in [4.78, 5) is 50.6. The normalized spacial score (nSPS) is 17.1. The number of nitrogens with two attached hydrogens (primary N) is 1. The number of imide groups is 1. The van der Waals surface area contributed by atoms with Crippen LogP contribution >= 0.6 is 0 Å². The molecule has 0 radical (unpaired) electrons. The molecule has 0 saturated heterocycles. The Kier molecular flexibility index (Phi) is 8.24. The molecule has 166 valence electrons. The van der Waals surface area contributed by atoms with E-state index in [0.29, 0.717) is 30.5 Å². The van der Waals surface area contributed by atoms with Crippen LogP contribution in [0, 0.1) is 6.92 Å². The maximum absolute atomic E-state index is 13.9. The molecule has 3 rings (SSSR count). The van der Waals surface area contributed by atoms with Gasteiger partial charge >= 0.3 is 0 Å². The Morgan fingerprint density at radius 2 is 1.94 bits per heavy atom. The van der Waals surface area contributed by atoms with Gasteiger partial charge in [-0.2, -0.15) is 0 Å². The molecule has 31 heavy (non-hydrogen) atoms. The zero-order chi connectivity index (χ0) is 23.1. The molecule has 0 saturated carbocycles. The minimum absolute atomic E-state index is 0.183. The molecule has 7 nitrogen and oxygen atoms in total. The van der Waals surface area contributed by atoms with Crippen LogP contribution in [0.15, 0.2) is 41.8 Å². The predicted molar refractivity (Wildman–Crippen MR) is 116 cm³/mol. The van der Waals surface area contributed by atoms with Gasteiger partial charge in [0.25, 0.3) is 0 Å². The predicted octanol–water partition coefficient (Wildman–Crippen LogP) is 2.89. The highest BCUT2D eigenvalue weighted by Crippen LogP contribution is 2.40. The van der Waals surface area contributed by atoms with Crippen molar-refractivity contribution < 1.29 is 23.6 Å². The van der Waals surface area contributed by atoms with Gasteiger partial charge in [-0.3, -0.25) is 24.1 Å². The topological polar surface area (TPSA) is 101 Å². The summed E-state index contributed by atoms with van der Waals surface area (Å²) in [6, 6.07) is 5.29. The first kappa shape index (κ1) is 24.0. The van der Waals surface area contributed by atoms with E-state index < -0.39 is 29.5 Å². The lowest BCUT2D eigenvalue weighted by Crippen LogP contribution is -2.38. The van der Waals surface area contributed by atoms with E-state index in [0.717, 1.165) is 10.5 Å². The Bertz CT molecular complexity index is 939. The quantitative estimate of drug-likeness (QED) is 0.674. The van der Waals surface area contributed by atoms with E-state index >= 15 is 0 Å². The van der Waals surface area contributed by atoms with Gasteiger partial charge in [0, 0.05) is 17.7 Å². The van der Waals surface area contributed by atoms with Gasteiger partial charge in [-0.15, -0.1) is 0 Å². The number of primary amides is 1. The molecule has 1 aromatic carbocycles. The minimum Gasteiger partial charge on any atom is -0.368 e. The molecule has 1 aliphatic heterocycles. The Morgan fingerprint density at radius 1 is 1.26 bits per heavy atom. The van der Waals surface area contributed by atoms with E-state index in [9.17, 15) is 23.6 Å². The molecule has 0 spiro atoms. The van der Waals surface area contributed by atoms with Gasteiger partial charge in [0.15, 0.2) is 0 Å². The largest absolute Gasteiger partial charge is 0.368 e. The third-order valence-electron chi connectivity index (χ3n) is 5.08. The molecule has 0 bridgehead atoms. The van der Waals surface area contributed by atoms with Crippen LogP contribution < -0.4 is 10.6 Å². The molecule has 2 aliphatic rings. The van der Waals surface area contributed by atoms with Crippen LogP contribution in [0.1, 0.15) is 50.2 Å². The molecule has 2 N–H and O–H groups in total. The standard InChI is InChI=1S/C21H22FN3O4.C2H6/c1-13-6-7-18-15(8-13)16(21(29)25(18)11-19(23)27)9-20(28)24(12-26)10-14-4-2-3-5-17(14)22;1-2/h4-8,12,16H,2-3,9-11H2,1H3,(H2,23,27);1-2H3/t16-;/m1./s1. The van der Waals surface area contributed by atoms with E-state index in [2.05, 4.69) is 0 Å². The van der Waals surface area contributed by atoms with Crippen LogP contribution in [0.3, 0.4) is 0 Å². The first-order valence-electron chi connectivity index (χ1n) is 10.3. The van der Waals surface area contributed by atoms with Crippen LogP contribution in [0.25, 0.3) is 0 Å². The molecule has 0 aromatic heterocycles. The second kappa shape index (κ2) is 10.7. The Balaban J connectivity index is 0.00000166. The minimum atomic E-state index is -0.833. The highest BCUT2D eigenvalue weighted by Gasteiger charge is 2.39. The number of amides is 4. The van der Waals surface area contributed by atoms with Crippen molar-refractivity contribution in [2.24, 2.45) is 5.73 Å². The van der Waals surface area contributed by atoms with Crippen LogP contribution in [-0.4, -0.2) is 42.1 Å². The van der Waals surface area contributed by atoms with E-state index in [4.69, 9.17) is 5.73 Å². The summed E-state index contributed by atoms with van der Waals surface area (Å²) < 4.78 is 13.9. The average molecular weight is 429 g/mol. The van der Waals surface area contributed by atoms with Crippen LogP contribution in [0.2, 0.25) is 0 Å². The smallest absolute Gasteiger partial charge is 0.237 e. The van der Waals surface area contributed by atoms with Crippen molar-refractivity contribution in [3.05, 3.63) is 52.9 Å². The zero-order valence-corrected chi connectivity index (χ0v) is 18.1. The number of carbonyl (C=O) groups is 4. The van der Waals surface area contributed by atoms with Gasteiger partial charge in [0.05, 0.1) is 12.5 Å². The molecule has 0 fully saturated rings. The number of rotatable bonds is 7. The van der Waals surface area contributed by atoms with Crippen LogP contribution in [0.5, 0.6) is 0 Å². The number of anilines is 1. The van der Waals surface area contributed by atoms with Gasteiger partial charge < -0.3 is 10.6 Å². The fourth-order valence-corrected chi connectivity index (χ4v) is 3.65. The molecule has 0 unspecified atom stereocenters. The molecule has 8 heteroatoms. The number of carbonyl (C=O) groups excluding carboxylic acids is 4. The van der Waals surface area contributed by atoms with Gasteiger partial charge in [-0.25, -0.2) is 4.39 Å². The number of hydrogen-bond donors (Lipinski definition) is 1. The summed E-state index contributed by atoms with van der Waals surface area (Å²) in [7, 11) is 0. The van der Waals surface area contributed by atoms with Crippen molar-refractivity contribution in [2.45, 2.75) is 46.0 Å². The highest BCUT2D eigenvalue weighted by molar-refractivity contribution is 6.09. The number of fused-ring (bicyclic) bond motifs is 1. The summed E-state index contributed by atoms with van der Waals surface area (Å²) >= 11 is 0. The average Bonchev–Trinajstić information content (AvgIpc) is 2.99. The number of aryl methyl sites for hydroxylation is 1. The number of benzene rings is 1. The van der Waals surface area contributed by atoms with Crippen molar-refractivity contribution >= 4 is 29.8 Å². The molecular formula is C23H28FN3O4. The first-order valence-corrected chi connectivity index (χ1v) is 10.3. The highest BCUT2D eigenvalue weighted by atomic mass is 19.1. The lowest BCUT2D eigenvalue weighted by Gasteiger charge is -2.20. The van der Waals surface area contributed by atoms with Gasteiger partial charge in [0.2, 0.25) is 24.1 Å². The van der Waals surface area contributed by atoms with E-state index in [1.165, 1.54) is 11.0 Å². The first-order chi connectivity index (χ1) is 14.8. The van der Waals surface area contributed by atoms with Crippen molar-refractivity contribution in [1.82, 2.24) is 4.90 Å².